The minimum Gasteiger partial charge on any atom is -0.327 e. The van der Waals surface area contributed by atoms with Crippen molar-refractivity contribution in [2.75, 3.05) is 0 Å². The van der Waals surface area contributed by atoms with Crippen LogP contribution in [0.1, 0.15) is 32.7 Å². The van der Waals surface area contributed by atoms with Gasteiger partial charge < -0.3 is 4.57 Å². The smallest absolute Gasteiger partial charge is 0.202 e. The summed E-state index contributed by atoms with van der Waals surface area (Å²) in [5.41, 5.74) is 4.05. The minimum atomic E-state index is -0.281. The molecule has 2 heterocycles. The average molecular weight is 368 g/mol. The lowest BCUT2D eigenvalue weighted by Gasteiger charge is -2.13. The maximum Gasteiger partial charge on any atom is 0.202 e. The van der Waals surface area contributed by atoms with Gasteiger partial charge in [0, 0.05) is 24.0 Å². The van der Waals surface area contributed by atoms with Crippen LogP contribution in [-0.4, -0.2) is 15.3 Å². The molecule has 0 aliphatic rings. The molecule has 2 aromatic heterocycles. The predicted molar refractivity (Wildman–Crippen MR) is 111 cm³/mol. The Hall–Kier alpha value is -3.53. The second-order valence-corrected chi connectivity index (χ2v) is 7.01. The molecular formula is C24H20N2O2. The number of hydrogen-bond acceptors (Lipinski definition) is 3. The Kier molecular flexibility index (Phi) is 4.62. The first-order valence-electron chi connectivity index (χ1n) is 9.19. The first-order chi connectivity index (χ1) is 13.5. The zero-order valence-electron chi connectivity index (χ0n) is 15.8. The van der Waals surface area contributed by atoms with Crippen molar-refractivity contribution in [3.05, 3.63) is 111 Å². The third-order valence-corrected chi connectivity index (χ3v) is 4.78. The van der Waals surface area contributed by atoms with Gasteiger partial charge in [0.2, 0.25) is 5.43 Å². The fourth-order valence-electron chi connectivity index (χ4n) is 3.39. The molecular weight excluding hydrogens is 348 g/mol. The minimum absolute atomic E-state index is 0.164. The zero-order chi connectivity index (χ0) is 19.7. The van der Waals surface area contributed by atoms with Gasteiger partial charge in [-0.1, -0.05) is 60.2 Å². The van der Waals surface area contributed by atoms with E-state index in [2.05, 4.69) is 11.1 Å². The summed E-state index contributed by atoms with van der Waals surface area (Å²) in [6.07, 6.45) is 1.65. The molecule has 0 saturated carbocycles. The number of rotatable bonds is 4. The Morgan fingerprint density at radius 2 is 1.75 bits per heavy atom. The summed E-state index contributed by atoms with van der Waals surface area (Å²) < 4.78 is 1.90. The lowest BCUT2D eigenvalue weighted by molar-refractivity contribution is 0.103. The topological polar surface area (TPSA) is 52.0 Å². The maximum absolute atomic E-state index is 13.0. The first-order valence-corrected chi connectivity index (χ1v) is 9.19. The summed E-state index contributed by atoms with van der Waals surface area (Å²) in [5.74, 6) is -0.272. The van der Waals surface area contributed by atoms with Crippen LogP contribution in [-0.2, 0) is 6.54 Å². The highest BCUT2D eigenvalue weighted by molar-refractivity contribution is 6.09. The van der Waals surface area contributed by atoms with E-state index in [1.54, 1.807) is 42.6 Å². The number of fused-ring (bicyclic) bond motifs is 1. The molecule has 4 aromatic rings. The van der Waals surface area contributed by atoms with Gasteiger partial charge >= 0.3 is 0 Å². The van der Waals surface area contributed by atoms with Crippen LogP contribution in [0, 0.1) is 13.8 Å². The van der Waals surface area contributed by atoms with Gasteiger partial charge in [-0.15, -0.1) is 0 Å². The van der Waals surface area contributed by atoms with E-state index in [1.165, 1.54) is 0 Å². The van der Waals surface area contributed by atoms with E-state index in [-0.39, 0.29) is 16.8 Å². The Morgan fingerprint density at radius 3 is 2.50 bits per heavy atom. The molecule has 0 bridgehead atoms. The monoisotopic (exact) mass is 368 g/mol. The lowest BCUT2D eigenvalue weighted by atomic mass is 10.0. The first kappa shape index (κ1) is 17.9. The normalized spacial score (nSPS) is 10.9. The van der Waals surface area contributed by atoms with Gasteiger partial charge in [-0.3, -0.25) is 9.59 Å². The maximum atomic E-state index is 13.0. The summed E-state index contributed by atoms with van der Waals surface area (Å²) in [6, 6.07) is 20.6. The number of aryl methyl sites for hydroxylation is 2. The van der Waals surface area contributed by atoms with E-state index in [1.807, 2.05) is 42.7 Å². The van der Waals surface area contributed by atoms with Crippen LogP contribution in [0.15, 0.2) is 77.7 Å². The van der Waals surface area contributed by atoms with Crippen LogP contribution in [0.3, 0.4) is 0 Å². The molecule has 4 rings (SSSR count). The molecule has 2 aromatic carbocycles. The summed E-state index contributed by atoms with van der Waals surface area (Å²) in [7, 11) is 0. The van der Waals surface area contributed by atoms with E-state index in [0.29, 0.717) is 23.1 Å². The van der Waals surface area contributed by atoms with Gasteiger partial charge in [0.05, 0.1) is 10.9 Å². The molecule has 0 unspecified atom stereocenters. The molecule has 0 radical (unpaired) electrons. The van der Waals surface area contributed by atoms with Crippen LogP contribution in [0.5, 0.6) is 0 Å². The van der Waals surface area contributed by atoms with E-state index in [4.69, 9.17) is 0 Å². The molecule has 0 amide bonds. The van der Waals surface area contributed by atoms with Crippen LogP contribution in [0.4, 0.5) is 0 Å². The van der Waals surface area contributed by atoms with Crippen LogP contribution in [0.25, 0.3) is 11.0 Å². The second kappa shape index (κ2) is 7.24. The Labute approximate surface area is 163 Å². The van der Waals surface area contributed by atoms with E-state index in [9.17, 15) is 9.59 Å². The van der Waals surface area contributed by atoms with E-state index < -0.39 is 0 Å². The molecule has 4 heteroatoms. The molecule has 0 aliphatic heterocycles. The number of hydrogen-bond donors (Lipinski definition) is 0. The van der Waals surface area contributed by atoms with Gasteiger partial charge in [0.25, 0.3) is 0 Å². The van der Waals surface area contributed by atoms with Crippen LogP contribution < -0.4 is 5.43 Å². The quantitative estimate of drug-likeness (QED) is 0.505. The molecule has 0 aliphatic carbocycles. The van der Waals surface area contributed by atoms with Crippen molar-refractivity contribution in [2.24, 2.45) is 0 Å². The standard InChI is InChI=1S/C24H20N2O2/c1-16-7-6-8-18(13-16)14-26-15-21(22(27)19-9-4-3-5-10-19)23(28)20-12-11-17(2)25-24(20)26/h3-13,15H,14H2,1-2H3. The van der Waals surface area contributed by atoms with Gasteiger partial charge in [-0.25, -0.2) is 4.98 Å². The van der Waals surface area contributed by atoms with Crippen LogP contribution in [0.2, 0.25) is 0 Å². The molecule has 0 saturated heterocycles. The highest BCUT2D eigenvalue weighted by Crippen LogP contribution is 2.16. The third kappa shape index (κ3) is 3.37. The van der Waals surface area contributed by atoms with Gasteiger partial charge in [-0.2, -0.15) is 0 Å². The fraction of sp³-hybridized carbons (Fsp3) is 0.125. The summed E-state index contributed by atoms with van der Waals surface area (Å²) in [4.78, 5) is 30.6. The number of nitrogens with zero attached hydrogens (tertiary/aromatic N) is 2. The number of carbonyl (C=O) groups excluding carboxylic acids is 1. The highest BCUT2D eigenvalue weighted by atomic mass is 16.1. The number of benzene rings is 2. The number of pyridine rings is 2. The SMILES string of the molecule is Cc1cccc(Cn2cc(C(=O)c3ccccc3)c(=O)c3ccc(C)nc32)c1. The van der Waals surface area contributed by atoms with Crippen molar-refractivity contribution in [3.8, 4) is 0 Å². The van der Waals surface area contributed by atoms with Crippen molar-refractivity contribution in [3.63, 3.8) is 0 Å². The Bertz CT molecular complexity index is 1240. The molecule has 28 heavy (non-hydrogen) atoms. The summed E-state index contributed by atoms with van der Waals surface area (Å²) in [5, 5.41) is 0.458. The largest absolute Gasteiger partial charge is 0.327 e. The van der Waals surface area contributed by atoms with Crippen LogP contribution >= 0.6 is 0 Å². The summed E-state index contributed by atoms with van der Waals surface area (Å²) in [6.45, 7) is 4.47. The van der Waals surface area contributed by atoms with E-state index in [0.717, 1.165) is 16.8 Å². The van der Waals surface area contributed by atoms with Gasteiger partial charge in [0.1, 0.15) is 5.65 Å². The number of carbonyl (C=O) groups is 1. The zero-order valence-corrected chi connectivity index (χ0v) is 15.8. The molecule has 0 spiro atoms. The van der Waals surface area contributed by atoms with Gasteiger partial charge in [-0.05, 0) is 31.5 Å². The van der Waals surface area contributed by atoms with Crippen molar-refractivity contribution in [1.82, 2.24) is 9.55 Å². The van der Waals surface area contributed by atoms with Crippen molar-refractivity contribution in [1.29, 1.82) is 0 Å². The van der Waals surface area contributed by atoms with Gasteiger partial charge in [0.15, 0.2) is 5.78 Å². The predicted octanol–water partition coefficient (Wildman–Crippen LogP) is 4.29. The number of ketones is 1. The summed E-state index contributed by atoms with van der Waals surface area (Å²) >= 11 is 0. The van der Waals surface area contributed by atoms with E-state index >= 15 is 0 Å². The molecule has 0 atom stereocenters. The average Bonchev–Trinajstić information content (AvgIpc) is 2.70. The Balaban J connectivity index is 1.92. The molecule has 138 valence electrons. The highest BCUT2D eigenvalue weighted by Gasteiger charge is 2.18. The lowest BCUT2D eigenvalue weighted by Crippen LogP contribution is -2.21. The molecule has 0 fully saturated rings. The van der Waals surface area contributed by atoms with Crippen molar-refractivity contribution < 1.29 is 4.79 Å². The Morgan fingerprint density at radius 1 is 0.964 bits per heavy atom. The third-order valence-electron chi connectivity index (χ3n) is 4.78. The molecule has 4 nitrogen and oxygen atoms in total. The number of aromatic nitrogens is 2. The van der Waals surface area contributed by atoms with Crippen molar-refractivity contribution in [2.45, 2.75) is 20.4 Å². The fourth-order valence-corrected chi connectivity index (χ4v) is 3.39. The molecule has 0 N–H and O–H groups in total. The van der Waals surface area contributed by atoms with Crippen molar-refractivity contribution >= 4 is 16.8 Å². The second-order valence-electron chi connectivity index (χ2n) is 7.01.